The number of carbonyl (C=O) groups is 1. The van der Waals surface area contributed by atoms with E-state index in [4.69, 9.17) is 11.6 Å². The molecule has 2 aromatic heterocycles. The lowest BCUT2D eigenvalue weighted by Gasteiger charge is -2.02. The van der Waals surface area contributed by atoms with Crippen molar-refractivity contribution >= 4 is 44.2 Å². The molecule has 1 amide bonds. The molecule has 0 radical (unpaired) electrons. The van der Waals surface area contributed by atoms with Gasteiger partial charge in [0.05, 0.1) is 16.4 Å². The van der Waals surface area contributed by atoms with Gasteiger partial charge in [-0.15, -0.1) is 0 Å². The number of hydrogen-bond donors (Lipinski definition) is 1. The van der Waals surface area contributed by atoms with Crippen LogP contribution >= 0.6 is 22.9 Å². The summed E-state index contributed by atoms with van der Waals surface area (Å²) in [5.41, 5.74) is 2.17. The molecule has 0 aliphatic rings. The molecule has 1 aromatic carbocycles. The Morgan fingerprint density at radius 3 is 2.95 bits per heavy atom. The summed E-state index contributed by atoms with van der Waals surface area (Å²) >= 11 is 7.33. The van der Waals surface area contributed by atoms with Gasteiger partial charge in [0.2, 0.25) is 0 Å². The van der Waals surface area contributed by atoms with Crippen LogP contribution < -0.4 is 5.32 Å². The second kappa shape index (κ2) is 4.88. The Morgan fingerprint density at radius 2 is 2.25 bits per heavy atom. The summed E-state index contributed by atoms with van der Waals surface area (Å²) in [5, 5.41) is 8.06. The third-order valence-corrected chi connectivity index (χ3v) is 4.08. The third kappa shape index (κ3) is 2.28. The van der Waals surface area contributed by atoms with E-state index >= 15 is 0 Å². The zero-order chi connectivity index (χ0) is 14.3. The molecule has 7 heteroatoms. The van der Waals surface area contributed by atoms with Crippen molar-refractivity contribution in [3.05, 3.63) is 40.7 Å². The second-order valence-corrected chi connectivity index (χ2v) is 5.85. The van der Waals surface area contributed by atoms with Gasteiger partial charge in [0.1, 0.15) is 5.69 Å². The highest BCUT2D eigenvalue weighted by Gasteiger charge is 2.16. The number of thiazole rings is 1. The predicted octanol–water partition coefficient (Wildman–Crippen LogP) is 3.24. The fourth-order valence-corrected chi connectivity index (χ4v) is 3.12. The first kappa shape index (κ1) is 13.1. The Morgan fingerprint density at radius 1 is 1.45 bits per heavy atom. The quantitative estimate of drug-likeness (QED) is 0.790. The molecule has 102 valence electrons. The van der Waals surface area contributed by atoms with Crippen LogP contribution in [0.2, 0.25) is 5.02 Å². The van der Waals surface area contributed by atoms with Gasteiger partial charge in [0, 0.05) is 12.1 Å². The van der Waals surface area contributed by atoms with Gasteiger partial charge in [-0.2, -0.15) is 5.10 Å². The molecule has 0 fully saturated rings. The standard InChI is InChI=1S/C13H11ClN4OS/c1-7-6-15-18(2)11(7)12(19)17-13-16-9-4-3-8(14)5-10(9)20-13/h3-6H,1-2H3,(H,16,17,19). The second-order valence-electron chi connectivity index (χ2n) is 4.38. The van der Waals surface area contributed by atoms with Gasteiger partial charge < -0.3 is 0 Å². The number of halogens is 1. The molecule has 3 rings (SSSR count). The fourth-order valence-electron chi connectivity index (χ4n) is 1.98. The van der Waals surface area contributed by atoms with E-state index in [9.17, 15) is 4.79 Å². The number of nitrogens with zero attached hydrogens (tertiary/aromatic N) is 3. The van der Waals surface area contributed by atoms with E-state index in [1.54, 1.807) is 24.0 Å². The van der Waals surface area contributed by atoms with Gasteiger partial charge in [-0.1, -0.05) is 22.9 Å². The zero-order valence-corrected chi connectivity index (χ0v) is 12.4. The summed E-state index contributed by atoms with van der Waals surface area (Å²) in [6.45, 7) is 1.85. The van der Waals surface area contributed by atoms with Gasteiger partial charge >= 0.3 is 0 Å². The molecule has 3 aromatic rings. The number of fused-ring (bicyclic) bond motifs is 1. The van der Waals surface area contributed by atoms with E-state index < -0.39 is 0 Å². The van der Waals surface area contributed by atoms with Gasteiger partial charge in [0.25, 0.3) is 5.91 Å². The van der Waals surface area contributed by atoms with Crippen LogP contribution in [0.5, 0.6) is 0 Å². The topological polar surface area (TPSA) is 59.8 Å². The number of aryl methyl sites for hydroxylation is 2. The molecule has 1 N–H and O–H groups in total. The Bertz CT molecular complexity index is 788. The third-order valence-electron chi connectivity index (χ3n) is 2.91. The van der Waals surface area contributed by atoms with Crippen LogP contribution in [0.15, 0.2) is 24.4 Å². The van der Waals surface area contributed by atoms with Crippen LogP contribution in [0.3, 0.4) is 0 Å². The summed E-state index contributed by atoms with van der Waals surface area (Å²) in [5.74, 6) is -0.215. The molecule has 0 atom stereocenters. The number of aromatic nitrogens is 3. The van der Waals surface area contributed by atoms with Crippen LogP contribution in [0.25, 0.3) is 10.2 Å². The number of carbonyl (C=O) groups excluding carboxylic acids is 1. The average Bonchev–Trinajstić information content (AvgIpc) is 2.92. The van der Waals surface area contributed by atoms with Gasteiger partial charge in [-0.3, -0.25) is 14.8 Å². The van der Waals surface area contributed by atoms with Crippen molar-refractivity contribution in [2.24, 2.45) is 7.05 Å². The molecular weight excluding hydrogens is 296 g/mol. The number of benzene rings is 1. The Hall–Kier alpha value is -1.92. The first-order valence-electron chi connectivity index (χ1n) is 5.90. The number of hydrogen-bond acceptors (Lipinski definition) is 4. The summed E-state index contributed by atoms with van der Waals surface area (Å²) in [6.07, 6.45) is 1.66. The summed E-state index contributed by atoms with van der Waals surface area (Å²) in [6, 6.07) is 5.44. The van der Waals surface area contributed by atoms with Gasteiger partial charge in [-0.25, -0.2) is 4.98 Å². The fraction of sp³-hybridized carbons (Fsp3) is 0.154. The van der Waals surface area contributed by atoms with Crippen molar-refractivity contribution in [2.75, 3.05) is 5.32 Å². The maximum Gasteiger partial charge on any atom is 0.275 e. The number of amides is 1. The highest BCUT2D eigenvalue weighted by Crippen LogP contribution is 2.28. The summed E-state index contributed by atoms with van der Waals surface area (Å²) in [4.78, 5) is 16.6. The number of anilines is 1. The van der Waals surface area contributed by atoms with Crippen LogP contribution in [-0.2, 0) is 7.05 Å². The lowest BCUT2D eigenvalue weighted by atomic mass is 10.2. The SMILES string of the molecule is Cc1cnn(C)c1C(=O)Nc1nc2ccc(Cl)cc2s1. The minimum absolute atomic E-state index is 0.215. The average molecular weight is 307 g/mol. The van der Waals surface area contributed by atoms with Crippen molar-refractivity contribution in [1.82, 2.24) is 14.8 Å². The maximum atomic E-state index is 12.2. The molecule has 0 aliphatic heterocycles. The van der Waals surface area contributed by atoms with Crippen LogP contribution in [0.1, 0.15) is 16.1 Å². The largest absolute Gasteiger partial charge is 0.296 e. The van der Waals surface area contributed by atoms with E-state index in [-0.39, 0.29) is 5.91 Å². The normalized spacial score (nSPS) is 10.9. The molecular formula is C13H11ClN4OS. The van der Waals surface area contributed by atoms with Crippen molar-refractivity contribution in [2.45, 2.75) is 6.92 Å². The van der Waals surface area contributed by atoms with Crippen LogP contribution in [0.4, 0.5) is 5.13 Å². The monoisotopic (exact) mass is 306 g/mol. The minimum Gasteiger partial charge on any atom is -0.296 e. The molecule has 2 heterocycles. The molecule has 0 aliphatic carbocycles. The zero-order valence-electron chi connectivity index (χ0n) is 10.8. The van der Waals surface area contributed by atoms with E-state index in [0.717, 1.165) is 15.8 Å². The van der Waals surface area contributed by atoms with E-state index in [1.807, 2.05) is 19.1 Å². The molecule has 0 spiro atoms. The summed E-state index contributed by atoms with van der Waals surface area (Å²) < 4.78 is 2.49. The Kier molecular flexibility index (Phi) is 3.19. The number of nitrogens with one attached hydrogen (secondary N) is 1. The highest BCUT2D eigenvalue weighted by atomic mass is 35.5. The first-order valence-corrected chi connectivity index (χ1v) is 7.10. The minimum atomic E-state index is -0.215. The predicted molar refractivity (Wildman–Crippen MR) is 80.5 cm³/mol. The van der Waals surface area contributed by atoms with Crippen molar-refractivity contribution < 1.29 is 4.79 Å². The van der Waals surface area contributed by atoms with Crippen molar-refractivity contribution in [3.8, 4) is 0 Å². The van der Waals surface area contributed by atoms with Crippen molar-refractivity contribution in [1.29, 1.82) is 0 Å². The molecule has 20 heavy (non-hydrogen) atoms. The highest BCUT2D eigenvalue weighted by molar-refractivity contribution is 7.22. The lowest BCUT2D eigenvalue weighted by Crippen LogP contribution is -2.17. The van der Waals surface area contributed by atoms with Crippen molar-refractivity contribution in [3.63, 3.8) is 0 Å². The lowest BCUT2D eigenvalue weighted by molar-refractivity contribution is 0.101. The van der Waals surface area contributed by atoms with E-state index in [2.05, 4.69) is 15.4 Å². The van der Waals surface area contributed by atoms with Gasteiger partial charge in [0.15, 0.2) is 5.13 Å². The molecule has 0 saturated carbocycles. The van der Waals surface area contributed by atoms with Crippen LogP contribution in [0, 0.1) is 6.92 Å². The molecule has 0 saturated heterocycles. The molecule has 0 bridgehead atoms. The Balaban J connectivity index is 1.91. The van der Waals surface area contributed by atoms with E-state index in [1.165, 1.54) is 11.3 Å². The van der Waals surface area contributed by atoms with Gasteiger partial charge in [-0.05, 0) is 30.7 Å². The smallest absolute Gasteiger partial charge is 0.275 e. The molecule has 5 nitrogen and oxygen atoms in total. The summed E-state index contributed by atoms with van der Waals surface area (Å²) in [7, 11) is 1.74. The Labute approximate surface area is 124 Å². The van der Waals surface area contributed by atoms with Crippen LogP contribution in [-0.4, -0.2) is 20.7 Å². The molecule has 0 unspecified atom stereocenters. The first-order chi connectivity index (χ1) is 9.54. The maximum absolute atomic E-state index is 12.2. The van der Waals surface area contributed by atoms with E-state index in [0.29, 0.717) is 15.8 Å². The number of rotatable bonds is 2.